The molecule has 0 aliphatic carbocycles. The first-order valence-electron chi connectivity index (χ1n) is 9.99. The summed E-state index contributed by atoms with van der Waals surface area (Å²) >= 11 is 0. The molecule has 2 nitrogen and oxygen atoms in total. The maximum atomic E-state index is 4.10. The van der Waals surface area contributed by atoms with E-state index in [1.807, 2.05) is 49.1 Å². The van der Waals surface area contributed by atoms with Gasteiger partial charge in [-0.15, -0.1) is 0 Å². The number of benzene rings is 3. The van der Waals surface area contributed by atoms with E-state index >= 15 is 0 Å². The minimum Gasteiger partial charge on any atom is -0.265 e. The average Bonchev–Trinajstić information content (AvgIpc) is 2.85. The number of nitrogens with zero attached hydrogens (tertiary/aromatic N) is 2. The minimum atomic E-state index is 1.18. The van der Waals surface area contributed by atoms with Crippen LogP contribution in [0.2, 0.25) is 0 Å². The van der Waals surface area contributed by atoms with Crippen molar-refractivity contribution in [3.05, 3.63) is 122 Å². The Labute approximate surface area is 176 Å². The second kappa shape index (κ2) is 8.14. The van der Waals surface area contributed by atoms with E-state index in [0.29, 0.717) is 0 Å². The van der Waals surface area contributed by atoms with Crippen molar-refractivity contribution in [2.75, 3.05) is 0 Å². The van der Waals surface area contributed by atoms with Crippen LogP contribution in [0.25, 0.3) is 44.5 Å². The van der Waals surface area contributed by atoms with Gasteiger partial charge in [0, 0.05) is 24.8 Å². The van der Waals surface area contributed by atoms with Crippen LogP contribution in [-0.4, -0.2) is 9.97 Å². The van der Waals surface area contributed by atoms with E-state index in [4.69, 9.17) is 0 Å². The molecule has 0 unspecified atom stereocenters. The Kier molecular flexibility index (Phi) is 4.89. The topological polar surface area (TPSA) is 25.8 Å². The highest BCUT2D eigenvalue weighted by Gasteiger charge is 2.08. The summed E-state index contributed by atoms with van der Waals surface area (Å²) in [6.45, 7) is 0. The molecular formula is C28H20N2. The first-order valence-corrected chi connectivity index (χ1v) is 9.99. The lowest BCUT2D eigenvalue weighted by atomic mass is 9.92. The molecule has 0 atom stereocenters. The third kappa shape index (κ3) is 3.63. The van der Waals surface area contributed by atoms with Crippen molar-refractivity contribution in [1.29, 1.82) is 0 Å². The molecule has 0 radical (unpaired) electrons. The molecule has 2 heteroatoms. The molecule has 30 heavy (non-hydrogen) atoms. The van der Waals surface area contributed by atoms with E-state index in [0.717, 1.165) is 0 Å². The third-order valence-corrected chi connectivity index (χ3v) is 5.35. The summed E-state index contributed by atoms with van der Waals surface area (Å²) in [7, 11) is 0. The normalized spacial score (nSPS) is 10.7. The predicted molar refractivity (Wildman–Crippen MR) is 124 cm³/mol. The van der Waals surface area contributed by atoms with Gasteiger partial charge in [-0.25, -0.2) is 0 Å². The molecule has 0 fully saturated rings. The van der Waals surface area contributed by atoms with Gasteiger partial charge >= 0.3 is 0 Å². The summed E-state index contributed by atoms with van der Waals surface area (Å²) in [5.74, 6) is 0. The quantitative estimate of drug-likeness (QED) is 0.329. The van der Waals surface area contributed by atoms with E-state index in [9.17, 15) is 0 Å². The second-order valence-electron chi connectivity index (χ2n) is 7.17. The van der Waals surface area contributed by atoms with E-state index in [1.165, 1.54) is 44.5 Å². The Morgan fingerprint density at radius 1 is 0.300 bits per heavy atom. The molecule has 5 rings (SSSR count). The zero-order valence-corrected chi connectivity index (χ0v) is 16.4. The summed E-state index contributed by atoms with van der Waals surface area (Å²) in [6.07, 6.45) is 7.31. The number of pyridine rings is 2. The molecule has 0 saturated heterocycles. The van der Waals surface area contributed by atoms with Crippen LogP contribution in [0.15, 0.2) is 122 Å². The summed E-state index contributed by atoms with van der Waals surface area (Å²) in [6, 6.07) is 34.2. The summed E-state index contributed by atoms with van der Waals surface area (Å²) in [4.78, 5) is 8.21. The van der Waals surface area contributed by atoms with E-state index < -0.39 is 0 Å². The molecule has 0 amide bonds. The van der Waals surface area contributed by atoms with Gasteiger partial charge in [0.05, 0.1) is 0 Å². The fourth-order valence-electron chi connectivity index (χ4n) is 3.76. The monoisotopic (exact) mass is 384 g/mol. The van der Waals surface area contributed by atoms with Crippen molar-refractivity contribution in [3.8, 4) is 44.5 Å². The van der Waals surface area contributed by atoms with Crippen molar-refractivity contribution in [2.45, 2.75) is 0 Å². The van der Waals surface area contributed by atoms with Gasteiger partial charge in [-0.2, -0.15) is 0 Å². The molecule has 0 N–H and O–H groups in total. The minimum absolute atomic E-state index is 1.18. The molecule has 2 heterocycles. The zero-order valence-electron chi connectivity index (χ0n) is 16.4. The Morgan fingerprint density at radius 2 is 0.600 bits per heavy atom. The molecule has 0 bridgehead atoms. The largest absolute Gasteiger partial charge is 0.265 e. The second-order valence-corrected chi connectivity index (χ2v) is 7.17. The van der Waals surface area contributed by atoms with Crippen molar-refractivity contribution >= 4 is 0 Å². The zero-order chi connectivity index (χ0) is 20.2. The fourth-order valence-corrected chi connectivity index (χ4v) is 3.76. The lowest BCUT2D eigenvalue weighted by Crippen LogP contribution is -1.86. The third-order valence-electron chi connectivity index (χ3n) is 5.35. The molecule has 3 aromatic carbocycles. The Morgan fingerprint density at radius 3 is 0.967 bits per heavy atom. The molecule has 0 spiro atoms. The van der Waals surface area contributed by atoms with Crippen molar-refractivity contribution < 1.29 is 0 Å². The number of aromatic nitrogens is 2. The van der Waals surface area contributed by atoms with Crippen LogP contribution in [-0.2, 0) is 0 Å². The highest BCUT2D eigenvalue weighted by atomic mass is 14.6. The van der Waals surface area contributed by atoms with E-state index in [-0.39, 0.29) is 0 Å². The summed E-state index contributed by atoms with van der Waals surface area (Å²) < 4.78 is 0. The van der Waals surface area contributed by atoms with Gasteiger partial charge in [-0.05, 0) is 68.8 Å². The molecule has 0 aliphatic heterocycles. The van der Waals surface area contributed by atoms with Crippen LogP contribution in [0, 0.1) is 0 Å². The van der Waals surface area contributed by atoms with Crippen LogP contribution in [0.3, 0.4) is 0 Å². The summed E-state index contributed by atoms with van der Waals surface area (Å²) in [5, 5.41) is 0. The number of hydrogen-bond donors (Lipinski definition) is 0. The molecule has 5 aromatic rings. The van der Waals surface area contributed by atoms with Crippen molar-refractivity contribution in [2.24, 2.45) is 0 Å². The van der Waals surface area contributed by atoms with Crippen LogP contribution < -0.4 is 0 Å². The molecule has 0 aliphatic rings. The van der Waals surface area contributed by atoms with Gasteiger partial charge in [0.15, 0.2) is 0 Å². The molecule has 2 aromatic heterocycles. The number of hydrogen-bond acceptors (Lipinski definition) is 2. The van der Waals surface area contributed by atoms with Gasteiger partial charge in [-0.3, -0.25) is 9.97 Å². The van der Waals surface area contributed by atoms with Crippen molar-refractivity contribution in [3.63, 3.8) is 0 Å². The first kappa shape index (κ1) is 18.0. The van der Waals surface area contributed by atoms with Crippen molar-refractivity contribution in [1.82, 2.24) is 9.97 Å². The van der Waals surface area contributed by atoms with E-state index in [2.05, 4.69) is 82.8 Å². The molecule has 142 valence electrons. The van der Waals surface area contributed by atoms with Crippen LogP contribution >= 0.6 is 0 Å². The Balaban J connectivity index is 1.49. The maximum absolute atomic E-state index is 4.10. The van der Waals surface area contributed by atoms with Crippen LogP contribution in [0.1, 0.15) is 0 Å². The van der Waals surface area contributed by atoms with Crippen LogP contribution in [0.4, 0.5) is 0 Å². The smallest absolute Gasteiger partial charge is 0.0273 e. The lowest BCUT2D eigenvalue weighted by molar-refractivity contribution is 1.33. The van der Waals surface area contributed by atoms with E-state index in [1.54, 1.807) is 0 Å². The van der Waals surface area contributed by atoms with Crippen LogP contribution in [0.5, 0.6) is 0 Å². The number of rotatable bonds is 4. The molecule has 0 saturated carbocycles. The highest BCUT2D eigenvalue weighted by Crippen LogP contribution is 2.34. The highest BCUT2D eigenvalue weighted by molar-refractivity contribution is 5.85. The molecular weight excluding hydrogens is 364 g/mol. The van der Waals surface area contributed by atoms with Gasteiger partial charge in [0.25, 0.3) is 0 Å². The standard InChI is InChI=1S/C28H20N2/c1-2-4-28(26-11-7-22(8-12-26)24-15-19-30-20-16-24)27(3-1)25-9-5-21(6-10-25)23-13-17-29-18-14-23/h1-20H. The Bertz CT molecular complexity index is 1140. The van der Waals surface area contributed by atoms with Gasteiger partial charge in [0.1, 0.15) is 0 Å². The summed E-state index contributed by atoms with van der Waals surface area (Å²) in [5.41, 5.74) is 9.63. The first-order chi connectivity index (χ1) is 14.9. The van der Waals surface area contributed by atoms with Gasteiger partial charge < -0.3 is 0 Å². The fraction of sp³-hybridized carbons (Fsp3) is 0. The predicted octanol–water partition coefficient (Wildman–Crippen LogP) is 7.14. The lowest BCUT2D eigenvalue weighted by Gasteiger charge is -2.12. The SMILES string of the molecule is c1ccc(-c2ccc(-c3ccncc3)cc2)c(-c2ccc(-c3ccncc3)cc2)c1. The van der Waals surface area contributed by atoms with Gasteiger partial charge in [-0.1, -0.05) is 72.8 Å². The Hall–Kier alpha value is -4.04. The maximum Gasteiger partial charge on any atom is 0.0273 e. The average molecular weight is 384 g/mol. The van der Waals surface area contributed by atoms with Gasteiger partial charge in [0.2, 0.25) is 0 Å².